The molecule has 1 aromatic carbocycles. The molecule has 6 nitrogen and oxygen atoms in total. The first-order valence-corrected chi connectivity index (χ1v) is 10.8. The van der Waals surface area contributed by atoms with E-state index in [1.807, 2.05) is 39.2 Å². The van der Waals surface area contributed by atoms with E-state index in [0.29, 0.717) is 24.1 Å². The largest absolute Gasteiger partial charge is 0.382 e. The summed E-state index contributed by atoms with van der Waals surface area (Å²) >= 11 is 0. The Balaban J connectivity index is 1.86. The zero-order valence-corrected chi connectivity index (χ0v) is 18.9. The lowest BCUT2D eigenvalue weighted by Gasteiger charge is -2.26. The van der Waals surface area contributed by atoms with E-state index < -0.39 is 0 Å². The third kappa shape index (κ3) is 6.20. The predicted molar refractivity (Wildman–Crippen MR) is 119 cm³/mol. The van der Waals surface area contributed by atoms with Crippen LogP contribution in [-0.4, -0.2) is 67.4 Å². The Hall–Kier alpha value is -2.08. The van der Waals surface area contributed by atoms with Gasteiger partial charge in [-0.3, -0.25) is 14.5 Å². The van der Waals surface area contributed by atoms with Gasteiger partial charge < -0.3 is 15.5 Å². The molecular weight excluding hydrogens is 364 g/mol. The highest BCUT2D eigenvalue weighted by Crippen LogP contribution is 2.22. The highest BCUT2D eigenvalue weighted by Gasteiger charge is 2.31. The minimum absolute atomic E-state index is 0.00588. The van der Waals surface area contributed by atoms with Gasteiger partial charge in [0.15, 0.2) is 0 Å². The number of nitrogens with zero attached hydrogens (tertiary/aromatic N) is 2. The molecule has 0 saturated carbocycles. The van der Waals surface area contributed by atoms with Gasteiger partial charge in [-0.1, -0.05) is 19.9 Å². The second-order valence-electron chi connectivity index (χ2n) is 8.69. The van der Waals surface area contributed by atoms with Crippen LogP contribution in [0.2, 0.25) is 0 Å². The number of benzene rings is 1. The fourth-order valence-corrected chi connectivity index (χ4v) is 3.70. The van der Waals surface area contributed by atoms with E-state index in [2.05, 4.69) is 36.3 Å². The summed E-state index contributed by atoms with van der Waals surface area (Å²) in [6.07, 6.45) is 2.83. The summed E-state index contributed by atoms with van der Waals surface area (Å²) in [4.78, 5) is 28.9. The van der Waals surface area contributed by atoms with Crippen molar-refractivity contribution in [2.75, 3.05) is 39.0 Å². The second kappa shape index (κ2) is 10.6. The molecule has 1 saturated heterocycles. The molecule has 0 aliphatic carbocycles. The first-order chi connectivity index (χ1) is 13.7. The van der Waals surface area contributed by atoms with E-state index in [1.54, 1.807) is 4.90 Å². The van der Waals surface area contributed by atoms with Gasteiger partial charge in [0.1, 0.15) is 0 Å². The summed E-state index contributed by atoms with van der Waals surface area (Å²) < 4.78 is 0. The van der Waals surface area contributed by atoms with Crippen molar-refractivity contribution in [2.45, 2.75) is 59.0 Å². The fraction of sp³-hybridized carbons (Fsp3) is 0.652. The topological polar surface area (TPSA) is 64.7 Å². The number of carbonyl (C=O) groups is 2. The van der Waals surface area contributed by atoms with Gasteiger partial charge >= 0.3 is 0 Å². The van der Waals surface area contributed by atoms with Crippen molar-refractivity contribution in [2.24, 2.45) is 5.92 Å². The summed E-state index contributed by atoms with van der Waals surface area (Å²) in [5.41, 5.74) is 2.71. The van der Waals surface area contributed by atoms with Crippen molar-refractivity contribution >= 4 is 17.5 Å². The van der Waals surface area contributed by atoms with Crippen LogP contribution in [0.15, 0.2) is 18.2 Å². The van der Waals surface area contributed by atoms with Gasteiger partial charge in [0.2, 0.25) is 5.91 Å². The molecule has 0 bridgehead atoms. The summed E-state index contributed by atoms with van der Waals surface area (Å²) in [7, 11) is 3.62. The van der Waals surface area contributed by atoms with Crippen LogP contribution in [0.4, 0.5) is 5.69 Å². The van der Waals surface area contributed by atoms with Gasteiger partial charge in [-0.2, -0.15) is 0 Å². The summed E-state index contributed by atoms with van der Waals surface area (Å²) in [5.74, 6) is 0.661. The molecule has 0 aromatic heterocycles. The molecule has 2 amide bonds. The molecule has 2 N–H and O–H groups in total. The Bertz CT molecular complexity index is 702. The number of carbonyl (C=O) groups excluding carboxylic acids is 2. The normalized spacial score (nSPS) is 18.0. The molecule has 162 valence electrons. The zero-order chi connectivity index (χ0) is 21.6. The number of amides is 2. The van der Waals surface area contributed by atoms with E-state index in [9.17, 15) is 9.59 Å². The van der Waals surface area contributed by atoms with E-state index in [4.69, 9.17) is 0 Å². The lowest BCUT2D eigenvalue weighted by atomic mass is 10.0. The quantitative estimate of drug-likeness (QED) is 0.623. The highest BCUT2D eigenvalue weighted by atomic mass is 16.2. The van der Waals surface area contributed by atoms with Gasteiger partial charge in [-0.05, 0) is 63.3 Å². The van der Waals surface area contributed by atoms with Gasteiger partial charge in [0.05, 0.1) is 6.04 Å². The van der Waals surface area contributed by atoms with Crippen LogP contribution in [0.3, 0.4) is 0 Å². The maximum atomic E-state index is 12.7. The summed E-state index contributed by atoms with van der Waals surface area (Å²) in [6.45, 7) is 10.9. The van der Waals surface area contributed by atoms with E-state index in [0.717, 1.165) is 43.6 Å². The van der Waals surface area contributed by atoms with Crippen LogP contribution in [0.25, 0.3) is 0 Å². The molecule has 2 atom stereocenters. The van der Waals surface area contributed by atoms with Gasteiger partial charge in [0.25, 0.3) is 5.91 Å². The Morgan fingerprint density at radius 1 is 1.24 bits per heavy atom. The molecule has 1 aliphatic rings. The van der Waals surface area contributed by atoms with Crippen LogP contribution in [0.1, 0.15) is 56.0 Å². The summed E-state index contributed by atoms with van der Waals surface area (Å²) in [5, 5.41) is 6.56. The van der Waals surface area contributed by atoms with E-state index >= 15 is 0 Å². The molecule has 6 heteroatoms. The minimum Gasteiger partial charge on any atom is -0.382 e. The highest BCUT2D eigenvalue weighted by molar-refractivity contribution is 5.97. The predicted octanol–water partition coefficient (Wildman–Crippen LogP) is 3.12. The SMILES string of the molecule is Cc1c(N[C@@H](C)C(C)C)cccc1C(=O)NCCCN1CCC[C@@H]1C(=O)N(C)C. The number of hydrogen-bond acceptors (Lipinski definition) is 4. The molecule has 1 aliphatic heterocycles. The van der Waals surface area contributed by atoms with Crippen LogP contribution < -0.4 is 10.6 Å². The average Bonchev–Trinajstić information content (AvgIpc) is 3.14. The minimum atomic E-state index is -0.0364. The molecule has 1 heterocycles. The molecule has 1 aromatic rings. The average molecular weight is 403 g/mol. The maximum Gasteiger partial charge on any atom is 0.251 e. The molecule has 0 radical (unpaired) electrons. The first kappa shape index (κ1) is 23.2. The van der Waals surface area contributed by atoms with Crippen molar-refractivity contribution < 1.29 is 9.59 Å². The monoisotopic (exact) mass is 402 g/mol. The van der Waals surface area contributed by atoms with Gasteiger partial charge in [-0.25, -0.2) is 0 Å². The van der Waals surface area contributed by atoms with E-state index in [1.165, 1.54) is 0 Å². The number of anilines is 1. The van der Waals surface area contributed by atoms with Crippen LogP contribution >= 0.6 is 0 Å². The second-order valence-corrected chi connectivity index (χ2v) is 8.69. The third-order valence-corrected chi connectivity index (χ3v) is 5.96. The summed E-state index contributed by atoms with van der Waals surface area (Å²) in [6, 6.07) is 6.17. The first-order valence-electron chi connectivity index (χ1n) is 10.8. The maximum absolute atomic E-state index is 12.7. The molecule has 2 rings (SSSR count). The van der Waals surface area contributed by atoms with Crippen molar-refractivity contribution in [3.8, 4) is 0 Å². The molecule has 0 spiro atoms. The fourth-order valence-electron chi connectivity index (χ4n) is 3.70. The number of nitrogens with one attached hydrogen (secondary N) is 2. The molecule has 29 heavy (non-hydrogen) atoms. The zero-order valence-electron chi connectivity index (χ0n) is 18.9. The Labute approximate surface area is 176 Å². The smallest absolute Gasteiger partial charge is 0.251 e. The van der Waals surface area contributed by atoms with E-state index in [-0.39, 0.29) is 17.9 Å². The van der Waals surface area contributed by atoms with Crippen LogP contribution in [-0.2, 0) is 4.79 Å². The number of likely N-dealkylation sites (tertiary alicyclic amines) is 1. The van der Waals surface area contributed by atoms with Crippen molar-refractivity contribution in [1.82, 2.24) is 15.1 Å². The lowest BCUT2D eigenvalue weighted by Crippen LogP contribution is -2.43. The van der Waals surface area contributed by atoms with Crippen molar-refractivity contribution in [3.63, 3.8) is 0 Å². The molecular formula is C23H38N4O2. The van der Waals surface area contributed by atoms with Crippen LogP contribution in [0, 0.1) is 12.8 Å². The number of hydrogen-bond donors (Lipinski definition) is 2. The Morgan fingerprint density at radius 3 is 2.62 bits per heavy atom. The molecule has 0 unspecified atom stereocenters. The standard InChI is InChI=1S/C23H38N4O2/c1-16(2)18(4)25-20-11-7-10-19(17(20)3)22(28)24-13-9-15-27-14-8-12-21(27)23(29)26(5)6/h7,10-11,16,18,21,25H,8-9,12-15H2,1-6H3,(H,24,28)/t18-,21+/m0/s1. The van der Waals surface area contributed by atoms with Crippen LogP contribution in [0.5, 0.6) is 0 Å². The van der Waals surface area contributed by atoms with Crippen molar-refractivity contribution in [1.29, 1.82) is 0 Å². The number of rotatable bonds is 9. The molecule has 1 fully saturated rings. The third-order valence-electron chi connectivity index (χ3n) is 5.96. The van der Waals surface area contributed by atoms with Crippen molar-refractivity contribution in [3.05, 3.63) is 29.3 Å². The lowest BCUT2D eigenvalue weighted by molar-refractivity contribution is -0.133. The van der Waals surface area contributed by atoms with Gasteiger partial charge in [-0.15, -0.1) is 0 Å². The Morgan fingerprint density at radius 2 is 1.97 bits per heavy atom. The number of likely N-dealkylation sites (N-methyl/N-ethyl adjacent to an activating group) is 1. The van der Waals surface area contributed by atoms with Gasteiger partial charge in [0, 0.05) is 44.5 Å². The Kier molecular flexibility index (Phi) is 8.50.